The molecule has 0 saturated carbocycles. The van der Waals surface area contributed by atoms with Crippen LogP contribution in [0.4, 0.5) is 4.39 Å². The Morgan fingerprint density at radius 1 is 1.08 bits per heavy atom. The van der Waals surface area contributed by atoms with E-state index >= 15 is 0 Å². The number of benzene rings is 2. The number of rotatable bonds is 2. The van der Waals surface area contributed by atoms with Crippen molar-refractivity contribution in [3.63, 3.8) is 0 Å². The molecule has 1 aliphatic rings. The number of nitrogens with zero attached hydrogens (tertiary/aromatic N) is 1. The molecule has 8 heteroatoms. The monoisotopic (exact) mass is 354 g/mol. The molecular weight excluding hydrogens is 343 g/mol. The van der Waals surface area contributed by atoms with Gasteiger partial charge in [0.1, 0.15) is 11.4 Å². The number of aromatic hydroxyl groups is 1. The van der Waals surface area contributed by atoms with Crippen LogP contribution < -0.4 is 11.2 Å². The summed E-state index contributed by atoms with van der Waals surface area (Å²) in [6, 6.07) is 11.4. The van der Waals surface area contributed by atoms with E-state index in [9.17, 15) is 23.9 Å². The summed E-state index contributed by atoms with van der Waals surface area (Å²) in [5.41, 5.74) is -1.48. The Balaban J connectivity index is 1.97. The molecule has 130 valence electrons. The van der Waals surface area contributed by atoms with Crippen LogP contribution in [0.2, 0.25) is 0 Å². The molecule has 7 nitrogen and oxygen atoms in total. The molecule has 0 fully saturated rings. The largest absolute Gasteiger partial charge is 0.494 e. The highest BCUT2D eigenvalue weighted by Crippen LogP contribution is 2.37. The van der Waals surface area contributed by atoms with Crippen molar-refractivity contribution in [1.29, 1.82) is 0 Å². The molecular formula is C18H11FN2O5. The standard InChI is InChI=1S/C18H11FN2O5/c19-9-4-3-5-10(8-9)21-16(23)13(15(22)20-18(21)25)14-11-6-1-2-7-12(11)17(24)26-14/h1-8,14,23H,(H,20,22,25)/t14-/m1/s1. The normalized spacial score (nSPS) is 15.6. The first-order valence-electron chi connectivity index (χ1n) is 7.61. The van der Waals surface area contributed by atoms with Gasteiger partial charge in [0.15, 0.2) is 6.10 Å². The molecule has 1 atom stereocenters. The van der Waals surface area contributed by atoms with E-state index in [0.29, 0.717) is 5.56 Å². The minimum Gasteiger partial charge on any atom is -0.494 e. The maximum absolute atomic E-state index is 13.5. The van der Waals surface area contributed by atoms with E-state index in [1.54, 1.807) is 18.2 Å². The lowest BCUT2D eigenvalue weighted by Crippen LogP contribution is -2.32. The van der Waals surface area contributed by atoms with Crippen molar-refractivity contribution < 1.29 is 19.0 Å². The second-order valence-electron chi connectivity index (χ2n) is 5.68. The minimum atomic E-state index is -1.18. The molecule has 0 saturated heterocycles. The third-order valence-corrected chi connectivity index (χ3v) is 4.14. The van der Waals surface area contributed by atoms with Gasteiger partial charge in [-0.25, -0.2) is 18.5 Å². The zero-order chi connectivity index (χ0) is 18.4. The SMILES string of the molecule is O=C1O[C@@H](c2c(O)n(-c3cccc(F)c3)c(=O)[nH]c2=O)c2ccccc21. The van der Waals surface area contributed by atoms with Gasteiger partial charge in [-0.15, -0.1) is 0 Å². The summed E-state index contributed by atoms with van der Waals surface area (Å²) in [5.74, 6) is -1.99. The fourth-order valence-electron chi connectivity index (χ4n) is 2.99. The number of aromatic amines is 1. The predicted octanol–water partition coefficient (Wildman–Crippen LogP) is 1.63. The van der Waals surface area contributed by atoms with Gasteiger partial charge in [0.05, 0.1) is 11.3 Å². The fraction of sp³-hybridized carbons (Fsp3) is 0.0556. The molecule has 0 unspecified atom stereocenters. The third kappa shape index (κ3) is 2.31. The zero-order valence-electron chi connectivity index (χ0n) is 13.1. The summed E-state index contributed by atoms with van der Waals surface area (Å²) < 4.78 is 19.5. The number of ether oxygens (including phenoxy) is 1. The molecule has 0 spiro atoms. The average molecular weight is 354 g/mol. The minimum absolute atomic E-state index is 0.0163. The Morgan fingerprint density at radius 2 is 1.85 bits per heavy atom. The number of hydrogen-bond acceptors (Lipinski definition) is 5. The van der Waals surface area contributed by atoms with Crippen molar-refractivity contribution in [2.24, 2.45) is 0 Å². The molecule has 26 heavy (non-hydrogen) atoms. The van der Waals surface area contributed by atoms with E-state index in [0.717, 1.165) is 10.6 Å². The van der Waals surface area contributed by atoms with E-state index in [1.807, 2.05) is 0 Å². The molecule has 2 aromatic carbocycles. The van der Waals surface area contributed by atoms with Crippen molar-refractivity contribution in [3.8, 4) is 11.6 Å². The number of nitrogens with one attached hydrogen (secondary N) is 1. The molecule has 2 N–H and O–H groups in total. The highest BCUT2D eigenvalue weighted by molar-refractivity contribution is 5.94. The molecule has 1 aliphatic heterocycles. The van der Waals surface area contributed by atoms with E-state index < -0.39 is 35.0 Å². The Labute approximate surface area is 144 Å². The van der Waals surface area contributed by atoms with Gasteiger partial charge in [-0.1, -0.05) is 24.3 Å². The number of carbonyl (C=O) groups excluding carboxylic acids is 1. The molecule has 2 heterocycles. The first-order chi connectivity index (χ1) is 12.5. The molecule has 1 aromatic heterocycles. The summed E-state index contributed by atoms with van der Waals surface area (Å²) in [7, 11) is 0. The summed E-state index contributed by atoms with van der Waals surface area (Å²) in [5, 5.41) is 10.6. The van der Waals surface area contributed by atoms with Crippen molar-refractivity contribution in [2.75, 3.05) is 0 Å². The Bertz CT molecular complexity index is 1160. The number of hydrogen-bond donors (Lipinski definition) is 2. The van der Waals surface area contributed by atoms with Gasteiger partial charge in [-0.3, -0.25) is 9.78 Å². The average Bonchev–Trinajstić information content (AvgIpc) is 2.92. The Kier molecular flexibility index (Phi) is 3.47. The Hall–Kier alpha value is -3.68. The first kappa shape index (κ1) is 15.8. The summed E-state index contributed by atoms with van der Waals surface area (Å²) in [4.78, 5) is 38.6. The number of fused-ring (bicyclic) bond motifs is 1. The smallest absolute Gasteiger partial charge is 0.339 e. The van der Waals surface area contributed by atoms with Gasteiger partial charge >= 0.3 is 11.7 Å². The topological polar surface area (TPSA) is 101 Å². The first-order valence-corrected chi connectivity index (χ1v) is 7.61. The van der Waals surface area contributed by atoms with Gasteiger partial charge in [-0.05, 0) is 24.3 Å². The molecule has 0 aliphatic carbocycles. The number of esters is 1. The van der Waals surface area contributed by atoms with Crippen LogP contribution in [0.3, 0.4) is 0 Å². The van der Waals surface area contributed by atoms with Crippen LogP contribution in [-0.2, 0) is 4.74 Å². The van der Waals surface area contributed by atoms with Crippen LogP contribution >= 0.6 is 0 Å². The maximum atomic E-state index is 13.5. The predicted molar refractivity (Wildman–Crippen MR) is 88.0 cm³/mol. The van der Waals surface area contributed by atoms with Crippen LogP contribution in [0.1, 0.15) is 27.6 Å². The summed E-state index contributed by atoms with van der Waals surface area (Å²) in [6.07, 6.45) is -1.18. The van der Waals surface area contributed by atoms with Crippen molar-refractivity contribution in [1.82, 2.24) is 9.55 Å². The van der Waals surface area contributed by atoms with Gasteiger partial charge < -0.3 is 9.84 Å². The number of H-pyrrole nitrogens is 1. The van der Waals surface area contributed by atoms with Crippen LogP contribution in [0, 0.1) is 5.82 Å². The van der Waals surface area contributed by atoms with Crippen LogP contribution in [-0.4, -0.2) is 20.6 Å². The highest BCUT2D eigenvalue weighted by atomic mass is 19.1. The molecule has 3 aromatic rings. The number of halogens is 1. The van der Waals surface area contributed by atoms with E-state index in [2.05, 4.69) is 4.98 Å². The molecule has 0 amide bonds. The maximum Gasteiger partial charge on any atom is 0.339 e. The lowest BCUT2D eigenvalue weighted by molar-refractivity contribution is 0.0449. The lowest BCUT2D eigenvalue weighted by atomic mass is 10.0. The van der Waals surface area contributed by atoms with Crippen LogP contribution in [0.5, 0.6) is 5.88 Å². The second kappa shape index (κ2) is 5.69. The molecule has 0 bridgehead atoms. The Morgan fingerprint density at radius 3 is 2.62 bits per heavy atom. The lowest BCUT2D eigenvalue weighted by Gasteiger charge is -2.15. The van der Waals surface area contributed by atoms with Crippen molar-refractivity contribution in [3.05, 3.63) is 91.9 Å². The highest BCUT2D eigenvalue weighted by Gasteiger charge is 2.36. The quantitative estimate of drug-likeness (QED) is 0.681. The van der Waals surface area contributed by atoms with Gasteiger partial charge in [0.25, 0.3) is 5.56 Å². The number of aromatic nitrogens is 2. The summed E-state index contributed by atoms with van der Waals surface area (Å²) in [6.45, 7) is 0. The summed E-state index contributed by atoms with van der Waals surface area (Å²) >= 11 is 0. The second-order valence-corrected chi connectivity index (χ2v) is 5.68. The third-order valence-electron chi connectivity index (χ3n) is 4.14. The molecule has 4 rings (SSSR count). The van der Waals surface area contributed by atoms with E-state index in [4.69, 9.17) is 4.74 Å². The van der Waals surface area contributed by atoms with Gasteiger partial charge in [0.2, 0.25) is 5.88 Å². The number of cyclic esters (lactones) is 1. The van der Waals surface area contributed by atoms with Crippen LogP contribution in [0.25, 0.3) is 5.69 Å². The van der Waals surface area contributed by atoms with E-state index in [-0.39, 0.29) is 16.8 Å². The zero-order valence-corrected chi connectivity index (χ0v) is 13.1. The fourth-order valence-corrected chi connectivity index (χ4v) is 2.99. The van der Waals surface area contributed by atoms with Crippen molar-refractivity contribution >= 4 is 5.97 Å². The van der Waals surface area contributed by atoms with Crippen LogP contribution in [0.15, 0.2) is 58.1 Å². The number of carbonyl (C=O) groups is 1. The van der Waals surface area contributed by atoms with E-state index in [1.165, 1.54) is 24.3 Å². The van der Waals surface area contributed by atoms with Crippen molar-refractivity contribution in [2.45, 2.75) is 6.10 Å². The van der Waals surface area contributed by atoms with Gasteiger partial charge in [0, 0.05) is 5.56 Å². The van der Waals surface area contributed by atoms with Gasteiger partial charge in [-0.2, -0.15) is 0 Å². The molecule has 0 radical (unpaired) electrons.